The molecule has 0 spiro atoms. The molecule has 1 heterocycles. The van der Waals surface area contributed by atoms with E-state index < -0.39 is 0 Å². The lowest BCUT2D eigenvalue weighted by Crippen LogP contribution is -1.92. The Balaban J connectivity index is 1.93. The summed E-state index contributed by atoms with van der Waals surface area (Å²) in [4.78, 5) is 8.82. The monoisotopic (exact) mass is 308 g/mol. The third-order valence-electron chi connectivity index (χ3n) is 3.44. The largest absolute Gasteiger partial charge is 0.504 e. The number of fused-ring (bicyclic) bond motifs is 1. The molecule has 1 aromatic heterocycles. The fraction of sp³-hybridized carbons (Fsp3) is 0.111. The first-order chi connectivity index (χ1) is 11.2. The Morgan fingerprint density at radius 3 is 2.57 bits per heavy atom. The van der Waals surface area contributed by atoms with Crippen molar-refractivity contribution < 1.29 is 14.6 Å². The molecule has 1 N–H and O–H groups in total. The van der Waals surface area contributed by atoms with Crippen molar-refractivity contribution in [3.63, 3.8) is 0 Å². The normalized spacial score (nSPS) is 11.0. The van der Waals surface area contributed by atoms with Crippen LogP contribution in [0.2, 0.25) is 0 Å². The van der Waals surface area contributed by atoms with Crippen LogP contribution in [0.25, 0.3) is 23.1 Å². The fourth-order valence-corrected chi connectivity index (χ4v) is 2.27. The summed E-state index contributed by atoms with van der Waals surface area (Å²) in [6.45, 7) is 0. The summed E-state index contributed by atoms with van der Waals surface area (Å²) in [6, 6.07) is 10.9. The van der Waals surface area contributed by atoms with Crippen LogP contribution in [-0.2, 0) is 0 Å². The molecule has 5 nitrogen and oxygen atoms in total. The number of benzene rings is 2. The van der Waals surface area contributed by atoms with Gasteiger partial charge in [0.05, 0.1) is 14.2 Å². The molecule has 0 unspecified atom stereocenters. The number of para-hydroxylation sites is 1. The quantitative estimate of drug-likeness (QED) is 0.799. The van der Waals surface area contributed by atoms with Gasteiger partial charge in [0.1, 0.15) is 11.3 Å². The maximum atomic E-state index is 9.79. The van der Waals surface area contributed by atoms with Crippen LogP contribution in [0.3, 0.4) is 0 Å². The molecule has 0 fully saturated rings. The van der Waals surface area contributed by atoms with E-state index >= 15 is 0 Å². The highest BCUT2D eigenvalue weighted by Gasteiger charge is 2.04. The number of phenols is 1. The minimum Gasteiger partial charge on any atom is -0.504 e. The molecule has 0 bridgehead atoms. The molecular weight excluding hydrogens is 292 g/mol. The Morgan fingerprint density at radius 1 is 1.00 bits per heavy atom. The zero-order chi connectivity index (χ0) is 16.2. The van der Waals surface area contributed by atoms with E-state index in [2.05, 4.69) is 9.97 Å². The van der Waals surface area contributed by atoms with Crippen LogP contribution < -0.4 is 9.47 Å². The van der Waals surface area contributed by atoms with Gasteiger partial charge < -0.3 is 14.6 Å². The molecule has 0 atom stereocenters. The third-order valence-corrected chi connectivity index (χ3v) is 3.44. The number of ether oxygens (including phenoxy) is 2. The van der Waals surface area contributed by atoms with Crippen molar-refractivity contribution in [2.45, 2.75) is 0 Å². The lowest BCUT2D eigenvalue weighted by atomic mass is 10.2. The number of hydrogen-bond acceptors (Lipinski definition) is 5. The van der Waals surface area contributed by atoms with E-state index in [0.29, 0.717) is 17.3 Å². The van der Waals surface area contributed by atoms with E-state index in [1.807, 2.05) is 30.3 Å². The molecule has 0 aliphatic heterocycles. The molecule has 3 aromatic rings. The molecule has 0 amide bonds. The molecule has 3 rings (SSSR count). The Kier molecular flexibility index (Phi) is 4.10. The van der Waals surface area contributed by atoms with Crippen molar-refractivity contribution in [1.29, 1.82) is 0 Å². The highest BCUT2D eigenvalue weighted by Crippen LogP contribution is 2.27. The minimum absolute atomic E-state index is 0.0933. The number of nitrogens with zero attached hydrogens (tertiary/aromatic N) is 2. The van der Waals surface area contributed by atoms with Crippen molar-refractivity contribution >= 4 is 23.1 Å². The van der Waals surface area contributed by atoms with Gasteiger partial charge in [-0.05, 0) is 29.8 Å². The summed E-state index contributed by atoms with van der Waals surface area (Å²) < 4.78 is 10.3. The van der Waals surface area contributed by atoms with Gasteiger partial charge in [-0.2, -0.15) is 0 Å². The number of hydrogen-bond donors (Lipinski definition) is 1. The van der Waals surface area contributed by atoms with Crippen LogP contribution >= 0.6 is 0 Å². The van der Waals surface area contributed by atoms with Crippen LogP contribution in [0.4, 0.5) is 0 Å². The Hall–Kier alpha value is -3.08. The van der Waals surface area contributed by atoms with Crippen molar-refractivity contribution in [2.24, 2.45) is 0 Å². The third kappa shape index (κ3) is 3.08. The van der Waals surface area contributed by atoms with Gasteiger partial charge in [-0.15, -0.1) is 0 Å². The minimum atomic E-state index is 0.0933. The summed E-state index contributed by atoms with van der Waals surface area (Å²) in [5.41, 5.74) is 1.59. The molecular formula is C18H16N2O3. The van der Waals surface area contributed by atoms with Crippen molar-refractivity contribution in [3.8, 4) is 17.2 Å². The molecule has 23 heavy (non-hydrogen) atoms. The fourth-order valence-electron chi connectivity index (χ4n) is 2.27. The van der Waals surface area contributed by atoms with E-state index in [1.165, 1.54) is 7.11 Å². The van der Waals surface area contributed by atoms with Gasteiger partial charge in [0.2, 0.25) is 0 Å². The summed E-state index contributed by atoms with van der Waals surface area (Å²) in [6.07, 6.45) is 5.37. The van der Waals surface area contributed by atoms with Gasteiger partial charge in [0.25, 0.3) is 0 Å². The van der Waals surface area contributed by atoms with E-state index in [9.17, 15) is 5.11 Å². The summed E-state index contributed by atoms with van der Waals surface area (Å²) in [5, 5.41) is 10.7. The van der Waals surface area contributed by atoms with Crippen molar-refractivity contribution in [3.05, 3.63) is 54.0 Å². The first-order valence-electron chi connectivity index (χ1n) is 7.06. The highest BCUT2D eigenvalue weighted by atomic mass is 16.5. The Morgan fingerprint density at radius 2 is 1.83 bits per heavy atom. The second-order valence-corrected chi connectivity index (χ2v) is 4.89. The van der Waals surface area contributed by atoms with Gasteiger partial charge >= 0.3 is 0 Å². The number of methoxy groups -OCH3 is 2. The Bertz CT molecular complexity index is 875. The van der Waals surface area contributed by atoms with Crippen LogP contribution in [0.5, 0.6) is 17.2 Å². The second kappa shape index (κ2) is 6.36. The number of aromatic hydroxyl groups is 1. The van der Waals surface area contributed by atoms with Gasteiger partial charge in [0, 0.05) is 11.6 Å². The van der Waals surface area contributed by atoms with E-state index in [4.69, 9.17) is 9.47 Å². The highest BCUT2D eigenvalue weighted by molar-refractivity contribution is 5.84. The molecule has 0 aliphatic rings. The van der Waals surface area contributed by atoms with Gasteiger partial charge in [-0.25, -0.2) is 9.97 Å². The van der Waals surface area contributed by atoms with Crippen LogP contribution in [0, 0.1) is 0 Å². The van der Waals surface area contributed by atoms with Gasteiger partial charge in [0.15, 0.2) is 17.3 Å². The topological polar surface area (TPSA) is 64.5 Å². The number of aromatic nitrogens is 2. The average Bonchev–Trinajstić information content (AvgIpc) is 2.59. The molecule has 0 saturated heterocycles. The first kappa shape index (κ1) is 14.8. The predicted molar refractivity (Wildman–Crippen MR) is 89.7 cm³/mol. The van der Waals surface area contributed by atoms with E-state index in [1.54, 1.807) is 31.5 Å². The molecule has 0 saturated carbocycles. The lowest BCUT2D eigenvalue weighted by Gasteiger charge is -2.05. The Labute approximate surface area is 133 Å². The number of phenolic OH excluding ortho intramolecular Hbond substituents is 1. The van der Waals surface area contributed by atoms with Crippen LogP contribution in [0.15, 0.2) is 42.6 Å². The molecule has 2 aromatic carbocycles. The second-order valence-electron chi connectivity index (χ2n) is 4.89. The lowest BCUT2D eigenvalue weighted by molar-refractivity contribution is 0.373. The average molecular weight is 308 g/mol. The van der Waals surface area contributed by atoms with Gasteiger partial charge in [-0.3, -0.25) is 0 Å². The number of rotatable bonds is 4. The smallest absolute Gasteiger partial charge is 0.160 e. The standard InChI is InChI=1S/C18H16N2O3/c1-22-15-8-6-12(10-14(15)21)7-9-17-19-11-13-4-3-5-16(23-2)18(13)20-17/h3-11,21H,1-2H3/b9-7+. The molecule has 0 aliphatic carbocycles. The molecule has 0 radical (unpaired) electrons. The first-order valence-corrected chi connectivity index (χ1v) is 7.06. The predicted octanol–water partition coefficient (Wildman–Crippen LogP) is 3.52. The summed E-state index contributed by atoms with van der Waals surface area (Å²) in [5.74, 6) is 1.81. The van der Waals surface area contributed by atoms with Crippen molar-refractivity contribution in [1.82, 2.24) is 9.97 Å². The van der Waals surface area contributed by atoms with Crippen molar-refractivity contribution in [2.75, 3.05) is 14.2 Å². The maximum Gasteiger partial charge on any atom is 0.160 e. The van der Waals surface area contributed by atoms with E-state index in [-0.39, 0.29) is 5.75 Å². The summed E-state index contributed by atoms with van der Waals surface area (Å²) >= 11 is 0. The van der Waals surface area contributed by atoms with E-state index in [0.717, 1.165) is 16.5 Å². The molecule has 5 heteroatoms. The van der Waals surface area contributed by atoms with Crippen LogP contribution in [0.1, 0.15) is 11.4 Å². The maximum absolute atomic E-state index is 9.79. The van der Waals surface area contributed by atoms with Gasteiger partial charge in [-0.1, -0.05) is 24.3 Å². The molecule has 116 valence electrons. The summed E-state index contributed by atoms with van der Waals surface area (Å²) in [7, 11) is 3.13. The zero-order valence-electron chi connectivity index (χ0n) is 12.9. The SMILES string of the molecule is COc1ccc(/C=C/c2ncc3cccc(OC)c3n2)cc1O. The zero-order valence-corrected chi connectivity index (χ0v) is 12.9. The van der Waals surface area contributed by atoms with Crippen LogP contribution in [-0.4, -0.2) is 29.3 Å².